The van der Waals surface area contributed by atoms with Crippen molar-refractivity contribution in [3.8, 4) is 0 Å². The summed E-state index contributed by atoms with van der Waals surface area (Å²) in [4.78, 5) is 42.4. The molecule has 2 aromatic rings. The Morgan fingerprint density at radius 2 is 1.30 bits per heavy atom. The van der Waals surface area contributed by atoms with Gasteiger partial charge in [-0.2, -0.15) is 8.78 Å². The molecule has 0 radical (unpaired) electrons. The lowest BCUT2D eigenvalue weighted by Gasteiger charge is -2.18. The molecule has 0 aliphatic carbocycles. The van der Waals surface area contributed by atoms with Crippen LogP contribution in [0.2, 0.25) is 0 Å². The van der Waals surface area contributed by atoms with Gasteiger partial charge in [-0.3, -0.25) is 25.0 Å². The van der Waals surface area contributed by atoms with Gasteiger partial charge in [0.05, 0.1) is 15.4 Å². The molecule has 1 amide bonds. The molecule has 2 aromatic carbocycles. The molecule has 160 valence electrons. The summed E-state index contributed by atoms with van der Waals surface area (Å²) in [5.41, 5.74) is -1.55. The molecule has 2 rings (SSSR count). The maximum atomic E-state index is 13.3. The van der Waals surface area contributed by atoms with Crippen molar-refractivity contribution in [3.05, 3.63) is 79.4 Å². The largest absolute Gasteiger partial charge is 0.478 e. The summed E-state index contributed by atoms with van der Waals surface area (Å²) in [5.74, 6) is -3.80. The average Bonchev–Trinajstić information content (AvgIpc) is 2.68. The van der Waals surface area contributed by atoms with Gasteiger partial charge >= 0.3 is 17.3 Å². The van der Waals surface area contributed by atoms with Gasteiger partial charge < -0.3 is 10.0 Å². The quantitative estimate of drug-likeness (QED) is 0.549. The minimum Gasteiger partial charge on any atom is -0.478 e. The number of benzene rings is 2. The molecule has 0 bridgehead atoms. The summed E-state index contributed by atoms with van der Waals surface area (Å²) in [5, 5.41) is 28.9. The number of aromatic carboxylic acids is 1. The second-order valence-electron chi connectivity index (χ2n) is 5.63. The number of carbonyl (C=O) groups is 2. The predicted octanol–water partition coefficient (Wildman–Crippen LogP) is 3.65. The van der Waals surface area contributed by atoms with E-state index in [0.29, 0.717) is 19.2 Å². The lowest BCUT2D eigenvalue weighted by atomic mass is 10.1. The second kappa shape index (κ2) is 10.5. The molecule has 0 saturated carbocycles. The number of carboxylic acids is 1. The Bertz CT molecular complexity index is 978. The van der Waals surface area contributed by atoms with Crippen molar-refractivity contribution in [2.45, 2.75) is 13.8 Å². The lowest BCUT2D eigenvalue weighted by Crippen LogP contribution is -2.30. The number of halogens is 2. The van der Waals surface area contributed by atoms with E-state index in [1.807, 2.05) is 13.8 Å². The third kappa shape index (κ3) is 6.02. The molecule has 0 saturated heterocycles. The van der Waals surface area contributed by atoms with E-state index in [0.717, 1.165) is 24.3 Å². The molecule has 0 atom stereocenters. The topological polar surface area (TPSA) is 144 Å². The van der Waals surface area contributed by atoms with Gasteiger partial charge in [0.1, 0.15) is 0 Å². The number of carboxylic acid groups (broad SMARTS) is 1. The van der Waals surface area contributed by atoms with Crippen LogP contribution in [0.15, 0.2) is 36.4 Å². The maximum Gasteiger partial charge on any atom is 0.335 e. The first-order valence-corrected chi connectivity index (χ1v) is 8.43. The predicted molar refractivity (Wildman–Crippen MR) is 100 cm³/mol. The Hall–Kier alpha value is -3.96. The van der Waals surface area contributed by atoms with Crippen LogP contribution in [-0.4, -0.2) is 44.8 Å². The molecular weight excluding hydrogens is 408 g/mol. The normalized spacial score (nSPS) is 9.87. The van der Waals surface area contributed by atoms with E-state index in [4.69, 9.17) is 5.11 Å². The number of amides is 1. The fourth-order valence-corrected chi connectivity index (χ4v) is 2.27. The van der Waals surface area contributed by atoms with Gasteiger partial charge in [0, 0.05) is 30.8 Å². The Labute approximate surface area is 168 Å². The zero-order valence-corrected chi connectivity index (χ0v) is 15.9. The SMILES string of the molecule is CCN(CC)C(=O)c1ccc([N+](=O)[O-])c(F)c1.O=C(O)c1ccc([N+](=O)[O-])c(F)c1. The van der Waals surface area contributed by atoms with Crippen LogP contribution in [0.5, 0.6) is 0 Å². The first-order valence-electron chi connectivity index (χ1n) is 8.43. The summed E-state index contributed by atoms with van der Waals surface area (Å²) in [6, 6.07) is 5.58. The fraction of sp³-hybridized carbons (Fsp3) is 0.222. The van der Waals surface area contributed by atoms with Crippen LogP contribution < -0.4 is 0 Å². The third-order valence-corrected chi connectivity index (χ3v) is 3.83. The highest BCUT2D eigenvalue weighted by atomic mass is 19.1. The Morgan fingerprint density at radius 1 is 0.900 bits per heavy atom. The monoisotopic (exact) mass is 425 g/mol. The minimum absolute atomic E-state index is 0.122. The minimum atomic E-state index is -1.33. The van der Waals surface area contributed by atoms with Crippen LogP contribution in [0, 0.1) is 31.9 Å². The molecule has 0 aromatic heterocycles. The van der Waals surface area contributed by atoms with Gasteiger partial charge in [-0.1, -0.05) is 0 Å². The number of hydrogen-bond donors (Lipinski definition) is 1. The van der Waals surface area contributed by atoms with Crippen LogP contribution >= 0.6 is 0 Å². The smallest absolute Gasteiger partial charge is 0.335 e. The summed E-state index contributed by atoms with van der Waals surface area (Å²) < 4.78 is 26.1. The maximum absolute atomic E-state index is 13.3. The molecule has 0 heterocycles. The first-order chi connectivity index (χ1) is 14.0. The van der Waals surface area contributed by atoms with Crippen molar-refractivity contribution >= 4 is 23.3 Å². The van der Waals surface area contributed by atoms with E-state index in [2.05, 4.69) is 0 Å². The summed E-state index contributed by atoms with van der Waals surface area (Å²) in [7, 11) is 0. The van der Waals surface area contributed by atoms with Crippen LogP contribution in [0.25, 0.3) is 0 Å². The number of rotatable bonds is 6. The van der Waals surface area contributed by atoms with Gasteiger partial charge in [-0.25, -0.2) is 4.79 Å². The van der Waals surface area contributed by atoms with E-state index in [9.17, 15) is 38.6 Å². The number of nitro groups is 2. The van der Waals surface area contributed by atoms with E-state index in [-0.39, 0.29) is 17.0 Å². The zero-order chi connectivity index (χ0) is 23.0. The average molecular weight is 425 g/mol. The van der Waals surface area contributed by atoms with Crippen LogP contribution in [0.1, 0.15) is 34.6 Å². The highest BCUT2D eigenvalue weighted by Gasteiger charge is 2.19. The van der Waals surface area contributed by atoms with E-state index in [1.54, 1.807) is 0 Å². The fourth-order valence-electron chi connectivity index (χ4n) is 2.27. The van der Waals surface area contributed by atoms with Crippen LogP contribution in [-0.2, 0) is 0 Å². The van der Waals surface area contributed by atoms with Crippen molar-refractivity contribution < 1.29 is 33.3 Å². The van der Waals surface area contributed by atoms with E-state index in [1.165, 1.54) is 11.0 Å². The van der Waals surface area contributed by atoms with Crippen LogP contribution in [0.3, 0.4) is 0 Å². The number of carbonyl (C=O) groups excluding carboxylic acids is 1. The van der Waals surface area contributed by atoms with Gasteiger partial charge in [0.2, 0.25) is 11.6 Å². The van der Waals surface area contributed by atoms with Crippen molar-refractivity contribution in [1.29, 1.82) is 0 Å². The summed E-state index contributed by atoms with van der Waals surface area (Å²) in [6.07, 6.45) is 0. The summed E-state index contributed by atoms with van der Waals surface area (Å²) in [6.45, 7) is 4.63. The number of nitro benzene ring substituents is 2. The highest BCUT2D eigenvalue weighted by molar-refractivity contribution is 5.94. The van der Waals surface area contributed by atoms with Gasteiger partial charge in [0.25, 0.3) is 5.91 Å². The number of nitrogens with zero attached hydrogens (tertiary/aromatic N) is 3. The second-order valence-corrected chi connectivity index (χ2v) is 5.63. The van der Waals surface area contributed by atoms with Gasteiger partial charge in [0.15, 0.2) is 0 Å². The van der Waals surface area contributed by atoms with Crippen molar-refractivity contribution in [2.75, 3.05) is 13.1 Å². The molecule has 0 spiro atoms. The number of hydrogen-bond acceptors (Lipinski definition) is 6. The molecule has 0 unspecified atom stereocenters. The molecule has 30 heavy (non-hydrogen) atoms. The lowest BCUT2D eigenvalue weighted by molar-refractivity contribution is -0.387. The van der Waals surface area contributed by atoms with Crippen molar-refractivity contribution in [3.63, 3.8) is 0 Å². The Balaban J connectivity index is 0.000000311. The van der Waals surface area contributed by atoms with Crippen LogP contribution in [0.4, 0.5) is 20.2 Å². The Kier molecular flexibility index (Phi) is 8.47. The molecule has 0 fully saturated rings. The standard InChI is InChI=1S/C11H13FN2O3.C7H4FNO4/c1-3-13(4-2)11(15)8-5-6-10(14(16)17)9(12)7-8;8-5-3-4(7(10)11)1-2-6(5)9(12)13/h5-7H,3-4H2,1-2H3;1-3H,(H,10,11). The molecule has 12 heteroatoms. The van der Waals surface area contributed by atoms with Crippen molar-refractivity contribution in [1.82, 2.24) is 4.90 Å². The molecular formula is C18H17F2N3O7. The van der Waals surface area contributed by atoms with Gasteiger partial charge in [-0.15, -0.1) is 0 Å². The van der Waals surface area contributed by atoms with Gasteiger partial charge in [-0.05, 0) is 38.1 Å². The van der Waals surface area contributed by atoms with E-state index < -0.39 is 38.8 Å². The highest BCUT2D eigenvalue weighted by Crippen LogP contribution is 2.19. The van der Waals surface area contributed by atoms with Crippen molar-refractivity contribution in [2.24, 2.45) is 0 Å². The molecule has 0 aliphatic rings. The third-order valence-electron chi connectivity index (χ3n) is 3.83. The first kappa shape index (κ1) is 24.1. The van der Waals surface area contributed by atoms with E-state index >= 15 is 0 Å². The zero-order valence-electron chi connectivity index (χ0n) is 15.9. The molecule has 1 N–H and O–H groups in total. The Morgan fingerprint density at radius 3 is 1.63 bits per heavy atom. The summed E-state index contributed by atoms with van der Waals surface area (Å²) >= 11 is 0. The molecule has 0 aliphatic heterocycles. The molecule has 10 nitrogen and oxygen atoms in total.